The van der Waals surface area contributed by atoms with Crippen LogP contribution in [0.25, 0.3) is 5.65 Å². The highest BCUT2D eigenvalue weighted by atomic mass is 32.2. The Hall–Kier alpha value is -1.20. The molecule has 0 unspecified atom stereocenters. The second kappa shape index (κ2) is 6.11. The summed E-state index contributed by atoms with van der Waals surface area (Å²) in [6, 6.07) is 5.87. The van der Waals surface area contributed by atoms with Crippen LogP contribution in [0.15, 0.2) is 24.4 Å². The van der Waals surface area contributed by atoms with Gasteiger partial charge in [-0.05, 0) is 30.6 Å². The van der Waals surface area contributed by atoms with Gasteiger partial charge in [0, 0.05) is 19.8 Å². The molecule has 0 aliphatic heterocycles. The lowest BCUT2D eigenvalue weighted by atomic mass is 10.3. The van der Waals surface area contributed by atoms with Crippen LogP contribution < -0.4 is 4.90 Å². The minimum absolute atomic E-state index is 0.00732. The fraction of sp³-hybridized carbons (Fsp3) is 0.462. The maximum atomic E-state index is 9.53. The van der Waals surface area contributed by atoms with Gasteiger partial charge in [-0.15, -0.1) is 0 Å². The van der Waals surface area contributed by atoms with Gasteiger partial charge in [-0.2, -0.15) is 11.8 Å². The molecule has 0 fully saturated rings. The Bertz CT molecular complexity index is 512. The SMILES string of the molecule is CSCCCN(C)c1nc2ccccn2c1CO. The van der Waals surface area contributed by atoms with Gasteiger partial charge in [0.2, 0.25) is 0 Å². The van der Waals surface area contributed by atoms with Crippen molar-refractivity contribution >= 4 is 23.2 Å². The van der Waals surface area contributed by atoms with Crippen LogP contribution in [0.4, 0.5) is 5.82 Å². The Morgan fingerprint density at radius 1 is 1.44 bits per heavy atom. The molecule has 2 heterocycles. The molecule has 0 atom stereocenters. The summed E-state index contributed by atoms with van der Waals surface area (Å²) in [5, 5.41) is 9.53. The standard InChI is InChI=1S/C13H19N3OS/c1-15(7-5-9-18-2)13-11(10-17)16-8-4-3-6-12(16)14-13/h3-4,6,8,17H,5,7,9-10H2,1-2H3. The number of thioether (sulfide) groups is 1. The quantitative estimate of drug-likeness (QED) is 0.811. The first-order chi connectivity index (χ1) is 8.77. The first-order valence-electron chi connectivity index (χ1n) is 6.05. The maximum Gasteiger partial charge on any atom is 0.153 e. The number of rotatable bonds is 6. The number of aliphatic hydroxyl groups excluding tert-OH is 1. The third kappa shape index (κ3) is 2.62. The molecule has 0 aromatic carbocycles. The Balaban J connectivity index is 2.26. The zero-order chi connectivity index (χ0) is 13.0. The molecule has 1 N–H and O–H groups in total. The van der Waals surface area contributed by atoms with Gasteiger partial charge in [-0.1, -0.05) is 6.07 Å². The smallest absolute Gasteiger partial charge is 0.153 e. The Labute approximate surface area is 112 Å². The van der Waals surface area contributed by atoms with E-state index < -0.39 is 0 Å². The number of anilines is 1. The highest BCUT2D eigenvalue weighted by Gasteiger charge is 2.14. The molecule has 98 valence electrons. The fourth-order valence-corrected chi connectivity index (χ4v) is 2.46. The summed E-state index contributed by atoms with van der Waals surface area (Å²) in [5.41, 5.74) is 1.74. The van der Waals surface area contributed by atoms with Crippen LogP contribution in [0.2, 0.25) is 0 Å². The molecule has 4 nitrogen and oxygen atoms in total. The molecule has 0 saturated carbocycles. The van der Waals surface area contributed by atoms with Crippen LogP contribution >= 0.6 is 11.8 Å². The zero-order valence-electron chi connectivity index (χ0n) is 10.8. The monoisotopic (exact) mass is 265 g/mol. The zero-order valence-corrected chi connectivity index (χ0v) is 11.7. The van der Waals surface area contributed by atoms with Gasteiger partial charge in [-0.3, -0.25) is 4.40 Å². The third-order valence-electron chi connectivity index (χ3n) is 2.96. The van der Waals surface area contributed by atoms with Crippen molar-refractivity contribution in [2.75, 3.05) is 30.5 Å². The molecule has 0 radical (unpaired) electrons. The summed E-state index contributed by atoms with van der Waals surface area (Å²) < 4.78 is 1.94. The molecule has 18 heavy (non-hydrogen) atoms. The molecule has 2 aromatic heterocycles. The molecule has 2 rings (SSSR count). The molecule has 2 aromatic rings. The second-order valence-electron chi connectivity index (χ2n) is 4.24. The largest absolute Gasteiger partial charge is 0.390 e. The van der Waals surface area contributed by atoms with Gasteiger partial charge in [0.15, 0.2) is 5.82 Å². The van der Waals surface area contributed by atoms with E-state index in [1.54, 1.807) is 0 Å². The third-order valence-corrected chi connectivity index (χ3v) is 3.66. The number of hydrogen-bond donors (Lipinski definition) is 1. The molecule has 0 aliphatic rings. The number of imidazole rings is 1. The molecular weight excluding hydrogens is 246 g/mol. The van der Waals surface area contributed by atoms with Gasteiger partial charge in [0.05, 0.1) is 12.3 Å². The highest BCUT2D eigenvalue weighted by molar-refractivity contribution is 7.98. The normalized spacial score (nSPS) is 11.1. The van der Waals surface area contributed by atoms with Crippen LogP contribution in [0.3, 0.4) is 0 Å². The Morgan fingerprint density at radius 2 is 2.28 bits per heavy atom. The highest BCUT2D eigenvalue weighted by Crippen LogP contribution is 2.21. The first kappa shape index (κ1) is 13.2. The summed E-state index contributed by atoms with van der Waals surface area (Å²) in [7, 11) is 2.03. The van der Waals surface area contributed by atoms with Crippen molar-refractivity contribution in [1.82, 2.24) is 9.38 Å². The molecule has 0 amide bonds. The summed E-state index contributed by atoms with van der Waals surface area (Å²) in [5.74, 6) is 2.02. The van der Waals surface area contributed by atoms with Crippen molar-refractivity contribution in [3.05, 3.63) is 30.1 Å². The van der Waals surface area contributed by atoms with Gasteiger partial charge in [0.1, 0.15) is 5.65 Å². The average molecular weight is 265 g/mol. The topological polar surface area (TPSA) is 40.8 Å². The van der Waals surface area contributed by atoms with Crippen molar-refractivity contribution in [3.63, 3.8) is 0 Å². The first-order valence-corrected chi connectivity index (χ1v) is 7.44. The molecular formula is C13H19N3OS. The van der Waals surface area contributed by atoms with Gasteiger partial charge >= 0.3 is 0 Å². The number of pyridine rings is 1. The predicted molar refractivity (Wildman–Crippen MR) is 77.4 cm³/mol. The van der Waals surface area contributed by atoms with Crippen LogP contribution in [0, 0.1) is 0 Å². The van der Waals surface area contributed by atoms with Crippen LogP contribution in [0.5, 0.6) is 0 Å². The number of aliphatic hydroxyl groups is 1. The summed E-state index contributed by atoms with van der Waals surface area (Å²) in [6.07, 6.45) is 5.17. The van der Waals surface area contributed by atoms with Crippen molar-refractivity contribution < 1.29 is 5.11 Å². The van der Waals surface area contributed by atoms with E-state index in [2.05, 4.69) is 16.1 Å². The predicted octanol–water partition coefficient (Wildman–Crippen LogP) is 2.02. The summed E-state index contributed by atoms with van der Waals surface area (Å²) in [4.78, 5) is 6.70. The van der Waals surface area contributed by atoms with Gasteiger partial charge in [0.25, 0.3) is 0 Å². The van der Waals surface area contributed by atoms with E-state index in [1.165, 1.54) is 0 Å². The Morgan fingerprint density at radius 3 is 3.00 bits per heavy atom. The minimum Gasteiger partial charge on any atom is -0.390 e. The van der Waals surface area contributed by atoms with E-state index in [0.717, 1.165) is 35.9 Å². The lowest BCUT2D eigenvalue weighted by Gasteiger charge is -2.17. The van der Waals surface area contributed by atoms with E-state index in [9.17, 15) is 5.11 Å². The number of fused-ring (bicyclic) bond motifs is 1. The second-order valence-corrected chi connectivity index (χ2v) is 5.22. The molecule has 0 aliphatic carbocycles. The molecule has 0 saturated heterocycles. The lowest BCUT2D eigenvalue weighted by Crippen LogP contribution is -2.20. The van der Waals surface area contributed by atoms with E-state index in [-0.39, 0.29) is 6.61 Å². The number of hydrogen-bond acceptors (Lipinski definition) is 4. The van der Waals surface area contributed by atoms with Crippen molar-refractivity contribution in [1.29, 1.82) is 0 Å². The van der Waals surface area contributed by atoms with Crippen LogP contribution in [-0.2, 0) is 6.61 Å². The maximum absolute atomic E-state index is 9.53. The van der Waals surface area contributed by atoms with Crippen molar-refractivity contribution in [2.24, 2.45) is 0 Å². The summed E-state index contributed by atoms with van der Waals surface area (Å²) >= 11 is 1.85. The molecule has 0 spiro atoms. The van der Waals surface area contributed by atoms with Crippen molar-refractivity contribution in [3.8, 4) is 0 Å². The van der Waals surface area contributed by atoms with E-state index >= 15 is 0 Å². The number of aromatic nitrogens is 2. The molecule has 5 heteroatoms. The van der Waals surface area contributed by atoms with Gasteiger partial charge < -0.3 is 10.0 Å². The summed E-state index contributed by atoms with van der Waals surface area (Å²) in [6.45, 7) is 0.963. The number of nitrogens with zero attached hydrogens (tertiary/aromatic N) is 3. The van der Waals surface area contributed by atoms with Crippen molar-refractivity contribution in [2.45, 2.75) is 13.0 Å². The van der Waals surface area contributed by atoms with Gasteiger partial charge in [-0.25, -0.2) is 4.98 Å². The van der Waals surface area contributed by atoms with E-state index in [1.807, 2.05) is 47.6 Å². The van der Waals surface area contributed by atoms with E-state index in [0.29, 0.717) is 0 Å². The Kier molecular flexibility index (Phi) is 4.49. The lowest BCUT2D eigenvalue weighted by molar-refractivity contribution is 0.276. The van der Waals surface area contributed by atoms with Crippen LogP contribution in [-0.4, -0.2) is 40.1 Å². The molecule has 0 bridgehead atoms. The van der Waals surface area contributed by atoms with E-state index in [4.69, 9.17) is 0 Å². The average Bonchev–Trinajstić information content (AvgIpc) is 2.77. The minimum atomic E-state index is 0.00732. The van der Waals surface area contributed by atoms with Crippen LogP contribution in [0.1, 0.15) is 12.1 Å². The fourth-order valence-electron chi connectivity index (χ4n) is 2.04.